The van der Waals surface area contributed by atoms with Crippen LogP contribution < -0.4 is 4.90 Å². The Morgan fingerprint density at radius 1 is 1.53 bits per heavy atom. The molecule has 0 saturated carbocycles. The molecule has 3 heteroatoms. The van der Waals surface area contributed by atoms with Crippen LogP contribution in [0.4, 0.5) is 5.69 Å². The molecule has 1 fully saturated rings. The maximum atomic E-state index is 11.3. The lowest BCUT2D eigenvalue weighted by molar-refractivity contribution is -0.120. The summed E-state index contributed by atoms with van der Waals surface area (Å²) in [5.74, 6) is 0.538. The summed E-state index contributed by atoms with van der Waals surface area (Å²) in [6.07, 6.45) is 0.988. The zero-order chi connectivity index (χ0) is 10.8. The van der Waals surface area contributed by atoms with Gasteiger partial charge in [-0.3, -0.25) is 4.79 Å². The lowest BCUT2D eigenvalue weighted by Gasteiger charge is -2.18. The van der Waals surface area contributed by atoms with E-state index in [0.29, 0.717) is 5.78 Å². The monoisotopic (exact) mass is 267 g/mol. The second-order valence-electron chi connectivity index (χ2n) is 4.02. The van der Waals surface area contributed by atoms with Gasteiger partial charge in [-0.1, -0.05) is 22.0 Å². The molecule has 0 aromatic heterocycles. The van der Waals surface area contributed by atoms with Crippen molar-refractivity contribution < 1.29 is 4.79 Å². The lowest BCUT2D eigenvalue weighted by atomic mass is 10.1. The van der Waals surface area contributed by atoms with Gasteiger partial charge in [0, 0.05) is 29.2 Å². The fourth-order valence-corrected chi connectivity index (χ4v) is 2.39. The molecular formula is C12H14BrNO. The van der Waals surface area contributed by atoms with Crippen LogP contribution in [0.25, 0.3) is 0 Å². The van der Waals surface area contributed by atoms with Crippen LogP contribution in [0.15, 0.2) is 28.7 Å². The van der Waals surface area contributed by atoms with Crippen molar-refractivity contribution in [3.63, 3.8) is 0 Å². The summed E-state index contributed by atoms with van der Waals surface area (Å²) in [7, 11) is 0. The second kappa shape index (κ2) is 4.35. The van der Waals surface area contributed by atoms with Crippen LogP contribution in [0.5, 0.6) is 0 Å². The summed E-state index contributed by atoms with van der Waals surface area (Å²) < 4.78 is 1.09. The average Bonchev–Trinajstić information content (AvgIpc) is 2.66. The molecular weight excluding hydrogens is 254 g/mol. The van der Waals surface area contributed by atoms with Gasteiger partial charge >= 0.3 is 0 Å². The first kappa shape index (κ1) is 10.7. The standard InChI is InChI=1S/C12H14BrNO/c1-9(15)10-5-6-14(8-10)12-4-2-3-11(13)7-12/h2-4,7,10H,5-6,8H2,1H3. The van der Waals surface area contributed by atoms with Crippen LogP contribution in [-0.2, 0) is 4.79 Å². The second-order valence-corrected chi connectivity index (χ2v) is 4.94. The highest BCUT2D eigenvalue weighted by atomic mass is 79.9. The number of nitrogens with zero attached hydrogens (tertiary/aromatic N) is 1. The number of anilines is 1. The molecule has 1 aromatic carbocycles. The van der Waals surface area contributed by atoms with Crippen LogP contribution in [0, 0.1) is 5.92 Å². The molecule has 1 atom stereocenters. The maximum Gasteiger partial charge on any atom is 0.134 e. The Balaban J connectivity index is 2.11. The van der Waals surface area contributed by atoms with Gasteiger partial charge in [-0.15, -0.1) is 0 Å². The van der Waals surface area contributed by atoms with Gasteiger partial charge in [-0.05, 0) is 31.5 Å². The predicted octanol–water partition coefficient (Wildman–Crippen LogP) is 2.86. The number of rotatable bonds is 2. The van der Waals surface area contributed by atoms with Gasteiger partial charge in [0.05, 0.1) is 0 Å². The highest BCUT2D eigenvalue weighted by Gasteiger charge is 2.25. The van der Waals surface area contributed by atoms with E-state index in [4.69, 9.17) is 0 Å². The third-order valence-electron chi connectivity index (χ3n) is 2.94. The molecule has 0 N–H and O–H groups in total. The zero-order valence-corrected chi connectivity index (χ0v) is 10.3. The molecule has 0 bridgehead atoms. The van der Waals surface area contributed by atoms with Crippen molar-refractivity contribution >= 4 is 27.4 Å². The number of hydrogen-bond acceptors (Lipinski definition) is 2. The van der Waals surface area contributed by atoms with E-state index in [9.17, 15) is 4.79 Å². The van der Waals surface area contributed by atoms with Crippen molar-refractivity contribution in [2.45, 2.75) is 13.3 Å². The van der Waals surface area contributed by atoms with E-state index in [1.165, 1.54) is 5.69 Å². The Kier molecular flexibility index (Phi) is 3.10. The third-order valence-corrected chi connectivity index (χ3v) is 3.43. The summed E-state index contributed by atoms with van der Waals surface area (Å²) in [6, 6.07) is 8.23. The smallest absolute Gasteiger partial charge is 0.134 e. The van der Waals surface area contributed by atoms with Gasteiger partial charge in [-0.25, -0.2) is 0 Å². The largest absolute Gasteiger partial charge is 0.371 e. The molecule has 1 saturated heterocycles. The summed E-state index contributed by atoms with van der Waals surface area (Å²) >= 11 is 3.46. The number of Topliss-reactive ketones (excluding diaryl/α,β-unsaturated/α-hetero) is 1. The van der Waals surface area contributed by atoms with Gasteiger partial charge in [0.1, 0.15) is 5.78 Å². The number of ketones is 1. The first-order valence-corrected chi connectivity index (χ1v) is 5.97. The zero-order valence-electron chi connectivity index (χ0n) is 8.74. The minimum absolute atomic E-state index is 0.226. The number of benzene rings is 1. The van der Waals surface area contributed by atoms with Crippen molar-refractivity contribution in [3.05, 3.63) is 28.7 Å². The van der Waals surface area contributed by atoms with E-state index in [2.05, 4.69) is 33.0 Å². The quantitative estimate of drug-likeness (QED) is 0.822. The molecule has 0 aliphatic carbocycles. The van der Waals surface area contributed by atoms with Crippen LogP contribution in [0.1, 0.15) is 13.3 Å². The van der Waals surface area contributed by atoms with E-state index >= 15 is 0 Å². The SMILES string of the molecule is CC(=O)C1CCN(c2cccc(Br)c2)C1. The minimum Gasteiger partial charge on any atom is -0.371 e. The van der Waals surface area contributed by atoms with E-state index in [-0.39, 0.29) is 5.92 Å². The first-order chi connectivity index (χ1) is 7.16. The van der Waals surface area contributed by atoms with Crippen molar-refractivity contribution in [2.75, 3.05) is 18.0 Å². The molecule has 1 heterocycles. The van der Waals surface area contributed by atoms with Crippen LogP contribution in [0.2, 0.25) is 0 Å². The molecule has 1 aliphatic heterocycles. The van der Waals surface area contributed by atoms with Crippen LogP contribution >= 0.6 is 15.9 Å². The molecule has 0 radical (unpaired) electrons. The normalized spacial score (nSPS) is 20.7. The highest BCUT2D eigenvalue weighted by Crippen LogP contribution is 2.26. The van der Waals surface area contributed by atoms with Gasteiger partial charge in [-0.2, -0.15) is 0 Å². The van der Waals surface area contributed by atoms with Gasteiger partial charge in [0.15, 0.2) is 0 Å². The molecule has 1 aliphatic rings. The number of carbonyl (C=O) groups excluding carboxylic acids is 1. The van der Waals surface area contributed by atoms with E-state index < -0.39 is 0 Å². The molecule has 15 heavy (non-hydrogen) atoms. The minimum atomic E-state index is 0.226. The van der Waals surface area contributed by atoms with Crippen LogP contribution in [-0.4, -0.2) is 18.9 Å². The molecule has 0 amide bonds. The topological polar surface area (TPSA) is 20.3 Å². The number of carbonyl (C=O) groups is 1. The number of halogens is 1. The van der Waals surface area contributed by atoms with Gasteiger partial charge < -0.3 is 4.90 Å². The van der Waals surface area contributed by atoms with E-state index in [1.54, 1.807) is 6.92 Å². The summed E-state index contributed by atoms with van der Waals surface area (Å²) in [6.45, 7) is 3.54. The third kappa shape index (κ3) is 2.40. The first-order valence-electron chi connectivity index (χ1n) is 5.18. The fraction of sp³-hybridized carbons (Fsp3) is 0.417. The van der Waals surface area contributed by atoms with Crippen molar-refractivity contribution in [2.24, 2.45) is 5.92 Å². The maximum absolute atomic E-state index is 11.3. The van der Waals surface area contributed by atoms with Crippen LogP contribution in [0.3, 0.4) is 0 Å². The molecule has 80 valence electrons. The molecule has 1 aromatic rings. The predicted molar refractivity (Wildman–Crippen MR) is 65.1 cm³/mol. The fourth-order valence-electron chi connectivity index (χ4n) is 2.00. The van der Waals surface area contributed by atoms with Crippen molar-refractivity contribution in [1.29, 1.82) is 0 Å². The molecule has 2 nitrogen and oxygen atoms in total. The highest BCUT2D eigenvalue weighted by molar-refractivity contribution is 9.10. The number of hydrogen-bond donors (Lipinski definition) is 0. The Morgan fingerprint density at radius 3 is 2.93 bits per heavy atom. The Hall–Kier alpha value is -0.830. The summed E-state index contributed by atoms with van der Waals surface area (Å²) in [4.78, 5) is 13.5. The molecule has 2 rings (SSSR count). The van der Waals surface area contributed by atoms with Crippen molar-refractivity contribution in [3.8, 4) is 0 Å². The molecule has 0 spiro atoms. The summed E-state index contributed by atoms with van der Waals surface area (Å²) in [5.41, 5.74) is 1.20. The van der Waals surface area contributed by atoms with E-state index in [0.717, 1.165) is 24.0 Å². The van der Waals surface area contributed by atoms with Crippen molar-refractivity contribution in [1.82, 2.24) is 0 Å². The van der Waals surface area contributed by atoms with E-state index in [1.807, 2.05) is 12.1 Å². The Bertz CT molecular complexity index is 378. The summed E-state index contributed by atoms with van der Waals surface area (Å²) in [5, 5.41) is 0. The Labute approximate surface area is 98.4 Å². The Morgan fingerprint density at radius 2 is 2.33 bits per heavy atom. The van der Waals surface area contributed by atoms with Gasteiger partial charge in [0.25, 0.3) is 0 Å². The molecule has 1 unspecified atom stereocenters. The lowest BCUT2D eigenvalue weighted by Crippen LogP contribution is -2.21. The average molecular weight is 268 g/mol. The van der Waals surface area contributed by atoms with Gasteiger partial charge in [0.2, 0.25) is 0 Å².